The van der Waals surface area contributed by atoms with Crippen molar-refractivity contribution in [3.8, 4) is 0 Å². The molecule has 7 heteroatoms. The van der Waals surface area contributed by atoms with Crippen LogP contribution in [0.25, 0.3) is 0 Å². The van der Waals surface area contributed by atoms with Gasteiger partial charge in [-0.05, 0) is 42.0 Å². The van der Waals surface area contributed by atoms with Crippen molar-refractivity contribution >= 4 is 23.5 Å². The predicted molar refractivity (Wildman–Crippen MR) is 89.7 cm³/mol. The van der Waals surface area contributed by atoms with E-state index < -0.39 is 23.7 Å². The molecular formula is C18H17FN2O4. The number of halogens is 1. The first-order valence-corrected chi connectivity index (χ1v) is 7.51. The maximum absolute atomic E-state index is 12.9. The Morgan fingerprint density at radius 2 is 1.64 bits per heavy atom. The van der Waals surface area contributed by atoms with E-state index in [-0.39, 0.29) is 17.9 Å². The number of nitrogens with one attached hydrogen (secondary N) is 2. The molecule has 0 heterocycles. The van der Waals surface area contributed by atoms with Gasteiger partial charge in [-0.15, -0.1) is 0 Å². The first-order chi connectivity index (χ1) is 11.8. The molecule has 0 radical (unpaired) electrons. The Kier molecular flexibility index (Phi) is 5.84. The van der Waals surface area contributed by atoms with Crippen LogP contribution in [0.2, 0.25) is 0 Å². The Morgan fingerprint density at radius 1 is 1.04 bits per heavy atom. The van der Waals surface area contributed by atoms with Crippen molar-refractivity contribution in [1.82, 2.24) is 5.32 Å². The number of carbonyl (C=O) groups excluding carboxylic acids is 2. The van der Waals surface area contributed by atoms with Crippen molar-refractivity contribution < 1.29 is 23.9 Å². The number of amides is 2. The second kappa shape index (κ2) is 8.05. The van der Waals surface area contributed by atoms with E-state index in [0.717, 1.165) is 0 Å². The van der Waals surface area contributed by atoms with E-state index in [0.29, 0.717) is 11.3 Å². The second-order valence-corrected chi connectivity index (χ2v) is 5.45. The average molecular weight is 344 g/mol. The normalized spacial score (nSPS) is 11.4. The maximum Gasteiger partial charge on any atom is 0.326 e. The highest BCUT2D eigenvalue weighted by Gasteiger charge is 2.21. The summed E-state index contributed by atoms with van der Waals surface area (Å²) >= 11 is 0. The molecule has 2 aromatic carbocycles. The van der Waals surface area contributed by atoms with E-state index in [9.17, 15) is 23.9 Å². The van der Waals surface area contributed by atoms with Crippen LogP contribution in [0.4, 0.5) is 10.1 Å². The van der Waals surface area contributed by atoms with Gasteiger partial charge in [-0.2, -0.15) is 0 Å². The lowest BCUT2D eigenvalue weighted by molar-refractivity contribution is -0.139. The molecule has 0 fully saturated rings. The smallest absolute Gasteiger partial charge is 0.326 e. The van der Waals surface area contributed by atoms with Gasteiger partial charge in [0, 0.05) is 24.6 Å². The zero-order valence-corrected chi connectivity index (χ0v) is 13.5. The fourth-order valence-electron chi connectivity index (χ4n) is 2.21. The standard InChI is InChI=1S/C18H17FN2O4/c1-11(22)20-15-8-4-13(5-9-15)17(23)21-16(18(24)25)10-12-2-6-14(19)7-3-12/h2-9,16H,10H2,1H3,(H,20,22)(H,21,23)(H,24,25)/t16-/m0/s1. The molecule has 0 saturated heterocycles. The molecule has 0 unspecified atom stereocenters. The highest BCUT2D eigenvalue weighted by Crippen LogP contribution is 2.11. The molecule has 1 atom stereocenters. The molecule has 0 aromatic heterocycles. The van der Waals surface area contributed by atoms with E-state index in [4.69, 9.17) is 0 Å². The summed E-state index contributed by atoms with van der Waals surface area (Å²) in [6.45, 7) is 1.37. The molecule has 25 heavy (non-hydrogen) atoms. The Bertz CT molecular complexity index is 773. The number of hydrogen-bond donors (Lipinski definition) is 3. The number of carboxylic acid groups (broad SMARTS) is 1. The first kappa shape index (κ1) is 18.1. The molecule has 0 aliphatic rings. The summed E-state index contributed by atoms with van der Waals surface area (Å²) < 4.78 is 12.9. The number of rotatable bonds is 6. The summed E-state index contributed by atoms with van der Waals surface area (Å²) in [7, 11) is 0. The van der Waals surface area contributed by atoms with Crippen molar-refractivity contribution in [3.63, 3.8) is 0 Å². The van der Waals surface area contributed by atoms with Gasteiger partial charge in [0.1, 0.15) is 11.9 Å². The third kappa shape index (κ3) is 5.42. The van der Waals surface area contributed by atoms with Gasteiger partial charge in [0.15, 0.2) is 0 Å². The van der Waals surface area contributed by atoms with Gasteiger partial charge < -0.3 is 15.7 Å². The van der Waals surface area contributed by atoms with Crippen LogP contribution < -0.4 is 10.6 Å². The minimum atomic E-state index is -1.19. The van der Waals surface area contributed by atoms with Gasteiger partial charge in [-0.25, -0.2) is 9.18 Å². The van der Waals surface area contributed by atoms with Crippen molar-refractivity contribution in [2.45, 2.75) is 19.4 Å². The third-order valence-corrected chi connectivity index (χ3v) is 3.42. The number of carboxylic acids is 1. The lowest BCUT2D eigenvalue weighted by Gasteiger charge is -2.15. The van der Waals surface area contributed by atoms with Gasteiger partial charge >= 0.3 is 5.97 Å². The summed E-state index contributed by atoms with van der Waals surface area (Å²) in [6.07, 6.45) is 0.0331. The summed E-state index contributed by atoms with van der Waals surface area (Å²) in [5.74, 6) is -2.39. The van der Waals surface area contributed by atoms with Gasteiger partial charge in [0.2, 0.25) is 5.91 Å². The quantitative estimate of drug-likeness (QED) is 0.749. The molecule has 2 rings (SSSR count). The van der Waals surface area contributed by atoms with Crippen LogP contribution in [0.1, 0.15) is 22.8 Å². The number of hydrogen-bond acceptors (Lipinski definition) is 3. The van der Waals surface area contributed by atoms with Crippen LogP contribution >= 0.6 is 0 Å². The Morgan fingerprint density at radius 3 is 2.16 bits per heavy atom. The largest absolute Gasteiger partial charge is 0.480 e. The molecule has 2 amide bonds. The molecule has 0 saturated carbocycles. The molecule has 3 N–H and O–H groups in total. The van der Waals surface area contributed by atoms with Crippen LogP contribution in [-0.2, 0) is 16.0 Å². The molecule has 0 aliphatic carbocycles. The highest BCUT2D eigenvalue weighted by molar-refractivity contribution is 5.97. The van der Waals surface area contributed by atoms with Crippen molar-refractivity contribution in [3.05, 3.63) is 65.5 Å². The van der Waals surface area contributed by atoms with Gasteiger partial charge in [-0.1, -0.05) is 12.1 Å². The van der Waals surface area contributed by atoms with E-state index >= 15 is 0 Å². The highest BCUT2D eigenvalue weighted by atomic mass is 19.1. The molecule has 130 valence electrons. The minimum absolute atomic E-state index is 0.0331. The number of aliphatic carboxylic acids is 1. The molecule has 6 nitrogen and oxygen atoms in total. The van der Waals surface area contributed by atoms with Crippen LogP contribution in [0.15, 0.2) is 48.5 Å². The van der Waals surface area contributed by atoms with E-state index in [2.05, 4.69) is 10.6 Å². The van der Waals surface area contributed by atoms with Gasteiger partial charge in [0.25, 0.3) is 5.91 Å². The Labute approximate surface area is 143 Å². The van der Waals surface area contributed by atoms with Crippen molar-refractivity contribution in [2.24, 2.45) is 0 Å². The summed E-state index contributed by atoms with van der Waals surface area (Å²) in [6, 6.07) is 10.3. The number of anilines is 1. The fourth-order valence-corrected chi connectivity index (χ4v) is 2.21. The number of benzene rings is 2. The molecule has 0 bridgehead atoms. The molecule has 0 spiro atoms. The van der Waals surface area contributed by atoms with Crippen LogP contribution in [-0.4, -0.2) is 28.9 Å². The molecular weight excluding hydrogens is 327 g/mol. The van der Waals surface area contributed by atoms with Crippen molar-refractivity contribution in [2.75, 3.05) is 5.32 Å². The minimum Gasteiger partial charge on any atom is -0.480 e. The van der Waals surface area contributed by atoms with Crippen molar-refractivity contribution in [1.29, 1.82) is 0 Å². The zero-order chi connectivity index (χ0) is 18.4. The topological polar surface area (TPSA) is 95.5 Å². The van der Waals surface area contributed by atoms with Crippen LogP contribution in [0.5, 0.6) is 0 Å². The SMILES string of the molecule is CC(=O)Nc1ccc(C(=O)N[C@@H](Cc2ccc(F)cc2)C(=O)O)cc1. The zero-order valence-electron chi connectivity index (χ0n) is 13.5. The number of carbonyl (C=O) groups is 3. The Hall–Kier alpha value is -3.22. The van der Waals surface area contributed by atoms with Gasteiger partial charge in [0.05, 0.1) is 0 Å². The Balaban J connectivity index is 2.05. The lowest BCUT2D eigenvalue weighted by atomic mass is 10.1. The van der Waals surface area contributed by atoms with E-state index in [1.807, 2.05) is 0 Å². The third-order valence-electron chi connectivity index (χ3n) is 3.42. The summed E-state index contributed by atoms with van der Waals surface area (Å²) in [5, 5.41) is 14.3. The molecule has 2 aromatic rings. The van der Waals surface area contributed by atoms with Crippen LogP contribution in [0.3, 0.4) is 0 Å². The lowest BCUT2D eigenvalue weighted by Crippen LogP contribution is -2.42. The first-order valence-electron chi connectivity index (χ1n) is 7.51. The monoisotopic (exact) mass is 344 g/mol. The maximum atomic E-state index is 12.9. The fraction of sp³-hybridized carbons (Fsp3) is 0.167. The summed E-state index contributed by atoms with van der Waals surface area (Å²) in [4.78, 5) is 34.6. The average Bonchev–Trinajstić information content (AvgIpc) is 2.56. The van der Waals surface area contributed by atoms with Crippen LogP contribution in [0, 0.1) is 5.82 Å². The van der Waals surface area contributed by atoms with E-state index in [1.54, 1.807) is 12.1 Å². The van der Waals surface area contributed by atoms with Gasteiger partial charge in [-0.3, -0.25) is 9.59 Å². The van der Waals surface area contributed by atoms with E-state index in [1.165, 1.54) is 43.3 Å². The summed E-state index contributed by atoms with van der Waals surface area (Å²) in [5.41, 5.74) is 1.39. The molecule has 0 aliphatic heterocycles. The predicted octanol–water partition coefficient (Wildman–Crippen LogP) is 2.21. The second-order valence-electron chi connectivity index (χ2n) is 5.45.